The fraction of sp³-hybridized carbons (Fsp3) is 0.296. The number of amides is 4. The summed E-state index contributed by atoms with van der Waals surface area (Å²) in [7, 11) is 1.55. The predicted octanol–water partition coefficient (Wildman–Crippen LogP) is 3.10. The fourth-order valence-electron chi connectivity index (χ4n) is 4.81. The Morgan fingerprint density at radius 1 is 0.921 bits per heavy atom. The average Bonchev–Trinajstić information content (AvgIpc) is 3.34. The largest absolute Gasteiger partial charge is 0.497 e. The molecule has 1 N–H and O–H groups in total. The molecule has 0 aliphatic carbocycles. The molecule has 1 saturated heterocycles. The van der Waals surface area contributed by atoms with Crippen LogP contribution in [0.15, 0.2) is 48.5 Å². The Hall–Kier alpha value is -4.18. The molecule has 0 unspecified atom stereocenters. The lowest BCUT2D eigenvalue weighted by atomic mass is 10.0. The fourth-order valence-corrected chi connectivity index (χ4v) is 4.88. The molecule has 0 bridgehead atoms. The first kappa shape index (κ1) is 25.5. The molecule has 38 heavy (non-hydrogen) atoms. The second kappa shape index (κ2) is 10.7. The summed E-state index contributed by atoms with van der Waals surface area (Å²) in [6, 6.07) is 14.2. The standard InChI is InChI=1S/C27H26ClN5O5/c1-38-20-11-9-19(10-12-20)33-25-21(24(30-33)26(36)29-22(34)16-28)13-15-32(27(25)37)18-7-5-17(6-8-18)31-14-3-2-4-23(31)35/h5-12H,2-4,13-16H2,1H3,(H,29,34,36). The summed E-state index contributed by atoms with van der Waals surface area (Å²) in [6.07, 6.45) is 2.75. The molecule has 2 aromatic carbocycles. The van der Waals surface area contributed by atoms with E-state index in [4.69, 9.17) is 16.3 Å². The van der Waals surface area contributed by atoms with E-state index in [1.165, 1.54) is 4.68 Å². The van der Waals surface area contributed by atoms with E-state index in [0.717, 1.165) is 18.5 Å². The first-order chi connectivity index (χ1) is 18.4. The van der Waals surface area contributed by atoms with E-state index < -0.39 is 11.8 Å². The summed E-state index contributed by atoms with van der Waals surface area (Å²) >= 11 is 5.55. The van der Waals surface area contributed by atoms with Crippen LogP contribution in [0, 0.1) is 0 Å². The first-order valence-corrected chi connectivity index (χ1v) is 12.8. The minimum Gasteiger partial charge on any atom is -0.497 e. The Balaban J connectivity index is 1.50. The summed E-state index contributed by atoms with van der Waals surface area (Å²) in [5.41, 5.74) is 2.72. The van der Waals surface area contributed by atoms with Gasteiger partial charge in [0.25, 0.3) is 11.8 Å². The summed E-state index contributed by atoms with van der Waals surface area (Å²) in [6.45, 7) is 0.994. The Kier molecular flexibility index (Phi) is 7.15. The van der Waals surface area contributed by atoms with Crippen molar-refractivity contribution in [2.75, 3.05) is 35.9 Å². The number of hydrogen-bond donors (Lipinski definition) is 1. The molecule has 10 nitrogen and oxygen atoms in total. The predicted molar refractivity (Wildman–Crippen MR) is 141 cm³/mol. The van der Waals surface area contributed by atoms with Crippen molar-refractivity contribution in [2.45, 2.75) is 25.7 Å². The average molecular weight is 536 g/mol. The third-order valence-corrected chi connectivity index (χ3v) is 6.96. The van der Waals surface area contributed by atoms with Crippen LogP contribution in [0.25, 0.3) is 5.69 Å². The number of imide groups is 1. The van der Waals surface area contributed by atoms with E-state index in [-0.39, 0.29) is 29.1 Å². The maximum atomic E-state index is 13.8. The van der Waals surface area contributed by atoms with Crippen LogP contribution in [-0.2, 0) is 16.0 Å². The van der Waals surface area contributed by atoms with E-state index in [2.05, 4.69) is 10.4 Å². The van der Waals surface area contributed by atoms with Gasteiger partial charge in [0.2, 0.25) is 11.8 Å². The van der Waals surface area contributed by atoms with E-state index in [9.17, 15) is 19.2 Å². The molecule has 0 spiro atoms. The van der Waals surface area contributed by atoms with Gasteiger partial charge in [-0.05, 0) is 67.8 Å². The van der Waals surface area contributed by atoms with Crippen LogP contribution in [0.5, 0.6) is 5.75 Å². The third kappa shape index (κ3) is 4.74. The number of benzene rings is 2. The highest BCUT2D eigenvalue weighted by Gasteiger charge is 2.35. The van der Waals surface area contributed by atoms with E-state index >= 15 is 0 Å². The van der Waals surface area contributed by atoms with Gasteiger partial charge in [-0.2, -0.15) is 5.10 Å². The monoisotopic (exact) mass is 535 g/mol. The van der Waals surface area contributed by atoms with Crippen LogP contribution < -0.4 is 19.9 Å². The maximum absolute atomic E-state index is 13.8. The Morgan fingerprint density at radius 3 is 2.21 bits per heavy atom. The molecular formula is C27H26ClN5O5. The quantitative estimate of drug-likeness (QED) is 0.485. The van der Waals surface area contributed by atoms with E-state index in [1.54, 1.807) is 41.2 Å². The molecule has 2 aliphatic rings. The van der Waals surface area contributed by atoms with Crippen LogP contribution in [0.1, 0.15) is 45.8 Å². The van der Waals surface area contributed by atoms with Gasteiger partial charge >= 0.3 is 0 Å². The summed E-state index contributed by atoms with van der Waals surface area (Å²) in [4.78, 5) is 54.2. The van der Waals surface area contributed by atoms with Gasteiger partial charge in [0.1, 0.15) is 17.3 Å². The van der Waals surface area contributed by atoms with Gasteiger partial charge in [-0.15, -0.1) is 11.6 Å². The Bertz CT molecular complexity index is 1400. The van der Waals surface area contributed by atoms with Crippen LogP contribution in [0.3, 0.4) is 0 Å². The lowest BCUT2D eigenvalue weighted by Gasteiger charge is -2.29. The van der Waals surface area contributed by atoms with Crippen molar-refractivity contribution < 1.29 is 23.9 Å². The van der Waals surface area contributed by atoms with E-state index in [0.29, 0.717) is 48.6 Å². The summed E-state index contributed by atoms with van der Waals surface area (Å²) in [5, 5.41) is 6.66. The number of methoxy groups -OCH3 is 1. The lowest BCUT2D eigenvalue weighted by Crippen LogP contribution is -2.39. The second-order valence-electron chi connectivity index (χ2n) is 9.02. The van der Waals surface area contributed by atoms with Gasteiger partial charge in [0, 0.05) is 36.4 Å². The van der Waals surface area contributed by atoms with Crippen molar-refractivity contribution >= 4 is 46.6 Å². The van der Waals surface area contributed by atoms with Crippen LogP contribution in [-0.4, -0.2) is 59.5 Å². The number of anilines is 2. The van der Waals surface area contributed by atoms with Gasteiger partial charge < -0.3 is 14.5 Å². The molecule has 1 fully saturated rings. The number of nitrogens with one attached hydrogen (secondary N) is 1. The zero-order chi connectivity index (χ0) is 26.8. The molecule has 3 aromatic rings. The molecule has 0 saturated carbocycles. The smallest absolute Gasteiger partial charge is 0.278 e. The van der Waals surface area contributed by atoms with Gasteiger partial charge in [-0.1, -0.05) is 0 Å². The molecule has 4 amide bonds. The zero-order valence-corrected chi connectivity index (χ0v) is 21.5. The highest BCUT2D eigenvalue weighted by Crippen LogP contribution is 2.31. The molecular weight excluding hydrogens is 510 g/mol. The van der Waals surface area contributed by atoms with Crippen LogP contribution >= 0.6 is 11.6 Å². The van der Waals surface area contributed by atoms with Crippen molar-refractivity contribution in [1.29, 1.82) is 0 Å². The number of ether oxygens (including phenoxy) is 1. The minimum atomic E-state index is -0.712. The van der Waals surface area contributed by atoms with Crippen molar-refractivity contribution in [3.05, 3.63) is 65.5 Å². The van der Waals surface area contributed by atoms with Crippen molar-refractivity contribution in [3.63, 3.8) is 0 Å². The second-order valence-corrected chi connectivity index (χ2v) is 9.29. The number of fused-ring (bicyclic) bond motifs is 1. The molecule has 3 heterocycles. The number of alkyl halides is 1. The highest BCUT2D eigenvalue weighted by molar-refractivity contribution is 6.29. The number of hydrogen-bond acceptors (Lipinski definition) is 6. The summed E-state index contributed by atoms with van der Waals surface area (Å²) in [5.74, 6) is -1.35. The first-order valence-electron chi connectivity index (χ1n) is 12.3. The van der Waals surface area contributed by atoms with Gasteiger partial charge in [0.15, 0.2) is 5.69 Å². The molecule has 1 aromatic heterocycles. The SMILES string of the molecule is COc1ccc(-n2nc(C(=O)NC(=O)CCl)c3c2C(=O)N(c2ccc(N4CCCCC4=O)cc2)CC3)cc1. The number of halogens is 1. The summed E-state index contributed by atoms with van der Waals surface area (Å²) < 4.78 is 6.65. The number of rotatable bonds is 6. The normalized spacial score (nSPS) is 15.3. The van der Waals surface area contributed by atoms with Gasteiger partial charge in [-0.25, -0.2) is 4.68 Å². The molecule has 0 atom stereocenters. The third-order valence-electron chi connectivity index (χ3n) is 6.72. The maximum Gasteiger partial charge on any atom is 0.278 e. The lowest BCUT2D eigenvalue weighted by molar-refractivity contribution is -0.119. The van der Waals surface area contributed by atoms with Crippen LogP contribution in [0.4, 0.5) is 11.4 Å². The van der Waals surface area contributed by atoms with Gasteiger partial charge in [-0.3, -0.25) is 24.5 Å². The van der Waals surface area contributed by atoms with Crippen molar-refractivity contribution in [3.8, 4) is 11.4 Å². The molecule has 0 radical (unpaired) electrons. The van der Waals surface area contributed by atoms with Gasteiger partial charge in [0.05, 0.1) is 12.8 Å². The molecule has 2 aliphatic heterocycles. The molecule has 5 rings (SSSR count). The van der Waals surface area contributed by atoms with Crippen molar-refractivity contribution in [1.82, 2.24) is 15.1 Å². The number of carbonyl (C=O) groups excluding carboxylic acids is 4. The molecule has 11 heteroatoms. The number of piperidine rings is 1. The number of nitrogens with zero attached hydrogens (tertiary/aromatic N) is 4. The topological polar surface area (TPSA) is 114 Å². The minimum absolute atomic E-state index is 0.00115. The number of carbonyl (C=O) groups is 4. The zero-order valence-electron chi connectivity index (χ0n) is 20.8. The Morgan fingerprint density at radius 2 is 1.58 bits per heavy atom. The number of aromatic nitrogens is 2. The highest BCUT2D eigenvalue weighted by atomic mass is 35.5. The molecule has 196 valence electrons. The Labute approximate surface area is 224 Å². The van der Waals surface area contributed by atoms with Crippen LogP contribution in [0.2, 0.25) is 0 Å². The van der Waals surface area contributed by atoms with E-state index in [1.807, 2.05) is 24.3 Å². The van der Waals surface area contributed by atoms with Crippen molar-refractivity contribution in [2.24, 2.45) is 0 Å².